The topological polar surface area (TPSA) is 109 Å². The van der Waals surface area contributed by atoms with Gasteiger partial charge in [0.05, 0.1) is 17.7 Å². The Balaban J connectivity index is 1.58. The average molecular weight is 265 g/mol. The number of rotatable bonds is 5. The molecule has 1 saturated heterocycles. The second-order valence-electron chi connectivity index (χ2n) is 5.16. The average Bonchev–Trinajstić information content (AvgIpc) is 2.97. The molecule has 8 heteroatoms. The van der Waals surface area contributed by atoms with Crippen LogP contribution in [0.15, 0.2) is 6.20 Å². The second kappa shape index (κ2) is 4.30. The lowest BCUT2D eigenvalue weighted by Gasteiger charge is -2.26. The number of hydrogen-bond acceptors (Lipinski definition) is 5. The molecule has 0 spiro atoms. The second-order valence-corrected chi connectivity index (χ2v) is 5.16. The molecule has 2 heterocycles. The summed E-state index contributed by atoms with van der Waals surface area (Å²) >= 11 is 0. The van der Waals surface area contributed by atoms with Crippen LogP contribution in [-0.2, 0) is 4.79 Å². The van der Waals surface area contributed by atoms with E-state index in [1.165, 1.54) is 0 Å². The van der Waals surface area contributed by atoms with Crippen LogP contribution in [0.25, 0.3) is 0 Å². The minimum atomic E-state index is -0.850. The minimum absolute atomic E-state index is 0.152. The van der Waals surface area contributed by atoms with E-state index >= 15 is 0 Å². The Kier molecular flexibility index (Phi) is 2.74. The maximum atomic E-state index is 11.8. The van der Waals surface area contributed by atoms with Crippen LogP contribution in [0.5, 0.6) is 0 Å². The van der Waals surface area contributed by atoms with Crippen LogP contribution in [0, 0.1) is 5.41 Å². The van der Waals surface area contributed by atoms with Crippen LogP contribution in [-0.4, -0.2) is 51.6 Å². The zero-order valence-corrected chi connectivity index (χ0v) is 10.3. The van der Waals surface area contributed by atoms with Gasteiger partial charge >= 0.3 is 5.97 Å². The number of carboxylic acid groups (broad SMARTS) is 1. The fraction of sp³-hybridized carbons (Fsp3) is 0.636. The van der Waals surface area contributed by atoms with Crippen LogP contribution in [0.3, 0.4) is 0 Å². The number of nitrogens with one attached hydrogen (secondary N) is 2. The van der Waals surface area contributed by atoms with Crippen molar-refractivity contribution in [3.63, 3.8) is 0 Å². The molecule has 0 atom stereocenters. The molecular formula is C11H15N5O3. The van der Waals surface area contributed by atoms with Crippen LogP contribution in [0.1, 0.15) is 29.4 Å². The van der Waals surface area contributed by atoms with E-state index in [0.29, 0.717) is 12.8 Å². The lowest BCUT2D eigenvalue weighted by Crippen LogP contribution is -2.43. The molecule has 102 valence electrons. The molecular weight excluding hydrogens is 250 g/mol. The maximum absolute atomic E-state index is 11.8. The van der Waals surface area contributed by atoms with Crippen molar-refractivity contribution in [1.29, 1.82) is 0 Å². The molecule has 0 aromatic carbocycles. The van der Waals surface area contributed by atoms with Crippen LogP contribution >= 0.6 is 0 Å². The van der Waals surface area contributed by atoms with Crippen molar-refractivity contribution in [3.8, 4) is 0 Å². The van der Waals surface area contributed by atoms with Crippen molar-refractivity contribution in [2.75, 3.05) is 19.6 Å². The molecule has 1 aromatic heterocycles. The zero-order valence-electron chi connectivity index (χ0n) is 10.3. The first-order valence-electron chi connectivity index (χ1n) is 6.25. The van der Waals surface area contributed by atoms with Crippen molar-refractivity contribution in [2.45, 2.75) is 18.9 Å². The van der Waals surface area contributed by atoms with E-state index in [4.69, 9.17) is 5.11 Å². The largest absolute Gasteiger partial charge is 0.481 e. The van der Waals surface area contributed by atoms with Crippen molar-refractivity contribution in [1.82, 2.24) is 25.6 Å². The first kappa shape index (κ1) is 12.1. The fourth-order valence-corrected chi connectivity index (χ4v) is 1.98. The van der Waals surface area contributed by atoms with E-state index in [2.05, 4.69) is 20.9 Å². The summed E-state index contributed by atoms with van der Waals surface area (Å²) in [5, 5.41) is 22.5. The van der Waals surface area contributed by atoms with Gasteiger partial charge in [-0.25, -0.2) is 4.68 Å². The first-order chi connectivity index (χ1) is 9.11. The number of carbonyl (C=O) groups is 2. The van der Waals surface area contributed by atoms with Gasteiger partial charge in [-0.15, -0.1) is 5.10 Å². The van der Waals surface area contributed by atoms with Gasteiger partial charge in [0.25, 0.3) is 5.91 Å². The molecule has 1 aliphatic carbocycles. The van der Waals surface area contributed by atoms with Crippen molar-refractivity contribution >= 4 is 11.9 Å². The molecule has 0 radical (unpaired) electrons. The van der Waals surface area contributed by atoms with Crippen LogP contribution < -0.4 is 10.6 Å². The summed E-state index contributed by atoms with van der Waals surface area (Å²) in [5.74, 6) is -1.22. The van der Waals surface area contributed by atoms with Gasteiger partial charge in [-0.3, -0.25) is 9.59 Å². The third kappa shape index (κ3) is 2.19. The molecule has 19 heavy (non-hydrogen) atoms. The Morgan fingerprint density at radius 2 is 2.26 bits per heavy atom. The van der Waals surface area contributed by atoms with Gasteiger partial charge in [-0.05, 0) is 12.8 Å². The lowest BCUT2D eigenvalue weighted by molar-refractivity contribution is -0.143. The van der Waals surface area contributed by atoms with E-state index in [-0.39, 0.29) is 24.2 Å². The van der Waals surface area contributed by atoms with Gasteiger partial charge in [-0.2, -0.15) is 0 Å². The molecule has 3 N–H and O–H groups in total. The van der Waals surface area contributed by atoms with Gasteiger partial charge < -0.3 is 15.7 Å². The highest BCUT2D eigenvalue weighted by molar-refractivity contribution is 5.92. The summed E-state index contributed by atoms with van der Waals surface area (Å²) in [6, 6.07) is 0.253. The minimum Gasteiger partial charge on any atom is -0.481 e. The van der Waals surface area contributed by atoms with Gasteiger partial charge in [0.1, 0.15) is 0 Å². The molecule has 2 aliphatic rings. The molecule has 3 rings (SSSR count). The van der Waals surface area contributed by atoms with Crippen molar-refractivity contribution < 1.29 is 14.7 Å². The Morgan fingerprint density at radius 1 is 1.53 bits per heavy atom. The van der Waals surface area contributed by atoms with E-state index < -0.39 is 11.4 Å². The highest BCUT2D eigenvalue weighted by Gasteiger charge is 2.50. The van der Waals surface area contributed by atoms with Gasteiger partial charge in [0, 0.05) is 19.6 Å². The first-order valence-corrected chi connectivity index (χ1v) is 6.25. The third-order valence-electron chi connectivity index (χ3n) is 3.77. The predicted octanol–water partition coefficient (Wildman–Crippen LogP) is -0.983. The van der Waals surface area contributed by atoms with Crippen LogP contribution in [0.2, 0.25) is 0 Å². The van der Waals surface area contributed by atoms with Gasteiger partial charge in [-0.1, -0.05) is 5.21 Å². The zero-order chi connectivity index (χ0) is 13.5. The lowest BCUT2D eigenvalue weighted by atomic mass is 10.1. The summed E-state index contributed by atoms with van der Waals surface area (Å²) in [6.07, 6.45) is 2.83. The highest BCUT2D eigenvalue weighted by Crippen LogP contribution is 2.45. The van der Waals surface area contributed by atoms with Crippen molar-refractivity contribution in [3.05, 3.63) is 11.9 Å². The van der Waals surface area contributed by atoms with Crippen molar-refractivity contribution in [2.24, 2.45) is 5.41 Å². The highest BCUT2D eigenvalue weighted by atomic mass is 16.4. The Bertz CT molecular complexity index is 518. The number of nitrogens with zero attached hydrogens (tertiary/aromatic N) is 3. The monoisotopic (exact) mass is 265 g/mol. The molecule has 8 nitrogen and oxygen atoms in total. The van der Waals surface area contributed by atoms with E-state index in [1.54, 1.807) is 10.9 Å². The number of aromatic nitrogens is 3. The molecule has 0 bridgehead atoms. The quantitative estimate of drug-likeness (QED) is 0.631. The summed E-state index contributed by atoms with van der Waals surface area (Å²) < 4.78 is 1.66. The van der Waals surface area contributed by atoms with E-state index in [0.717, 1.165) is 13.1 Å². The molecule has 2 fully saturated rings. The Labute approximate surface area is 109 Å². The smallest absolute Gasteiger partial charge is 0.311 e. The molecule has 1 amide bonds. The third-order valence-corrected chi connectivity index (χ3v) is 3.77. The van der Waals surface area contributed by atoms with Gasteiger partial charge in [0.2, 0.25) is 0 Å². The fourth-order valence-electron chi connectivity index (χ4n) is 1.98. The summed E-state index contributed by atoms with van der Waals surface area (Å²) in [5.41, 5.74) is -0.531. The Morgan fingerprint density at radius 3 is 2.79 bits per heavy atom. The maximum Gasteiger partial charge on any atom is 0.311 e. The molecule has 1 aliphatic heterocycles. The number of aliphatic carboxylic acids is 1. The van der Waals surface area contributed by atoms with Crippen LogP contribution in [0.4, 0.5) is 0 Å². The number of carbonyl (C=O) groups excluding carboxylic acids is 1. The number of amides is 1. The predicted molar refractivity (Wildman–Crippen MR) is 63.6 cm³/mol. The van der Waals surface area contributed by atoms with Gasteiger partial charge in [0.15, 0.2) is 5.69 Å². The SMILES string of the molecule is O=C(NCC1(C(=O)O)CC1)c1cn(C2CNC2)nn1. The van der Waals surface area contributed by atoms with E-state index in [9.17, 15) is 9.59 Å². The summed E-state index contributed by atoms with van der Waals surface area (Å²) in [7, 11) is 0. The standard InChI is InChI=1S/C11H15N5O3/c17-9(13-6-11(1-2-11)10(18)19)8-5-16(15-14-8)7-3-12-4-7/h5,7,12H,1-4,6H2,(H,13,17)(H,18,19). The Hall–Kier alpha value is -1.96. The molecule has 0 unspecified atom stereocenters. The number of hydrogen-bond donors (Lipinski definition) is 3. The molecule has 1 aromatic rings. The normalized spacial score (nSPS) is 20.6. The molecule has 1 saturated carbocycles. The number of carboxylic acids is 1. The van der Waals surface area contributed by atoms with E-state index in [1.807, 2.05) is 0 Å². The summed E-state index contributed by atoms with van der Waals surface area (Å²) in [4.78, 5) is 22.8. The summed E-state index contributed by atoms with van der Waals surface area (Å²) in [6.45, 7) is 1.80.